The molecule has 3 rings (SSSR count). The van der Waals surface area contributed by atoms with Gasteiger partial charge in [-0.15, -0.1) is 4.28 Å². The van der Waals surface area contributed by atoms with Gasteiger partial charge in [-0.25, -0.2) is 10.3 Å². The molecule has 2 N–H and O–H groups in total. The number of rotatable bonds is 8. The van der Waals surface area contributed by atoms with E-state index in [0.29, 0.717) is 30.9 Å². The molecule has 2 bridgehead atoms. The number of hydroxylamine groups is 3. The second-order valence-electron chi connectivity index (χ2n) is 7.49. The van der Waals surface area contributed by atoms with E-state index in [0.717, 1.165) is 0 Å². The number of hydrogen-bond donors (Lipinski definition) is 2. The highest BCUT2D eigenvalue weighted by Crippen LogP contribution is 2.31. The Morgan fingerprint density at radius 1 is 1.27 bits per heavy atom. The molecule has 0 radical (unpaired) electrons. The van der Waals surface area contributed by atoms with Crippen LogP contribution in [0.4, 0.5) is 4.79 Å². The minimum Gasteiger partial charge on any atom is -0.309 e. The first-order valence-corrected chi connectivity index (χ1v) is 10.8. The van der Waals surface area contributed by atoms with Crippen LogP contribution in [-0.2, 0) is 24.3 Å². The van der Waals surface area contributed by atoms with Gasteiger partial charge in [-0.1, -0.05) is 0 Å². The van der Waals surface area contributed by atoms with Crippen LogP contribution in [0.2, 0.25) is 0 Å². The van der Waals surface area contributed by atoms with Crippen LogP contribution in [0.15, 0.2) is 0 Å². The normalized spacial score (nSPS) is 29.0. The summed E-state index contributed by atoms with van der Waals surface area (Å²) in [4.78, 5) is 33.2. The van der Waals surface area contributed by atoms with Crippen LogP contribution < -0.4 is 5.48 Å². The molecule has 3 heterocycles. The van der Waals surface area contributed by atoms with Gasteiger partial charge in [-0.2, -0.15) is 24.0 Å². The van der Waals surface area contributed by atoms with Crippen molar-refractivity contribution >= 4 is 22.3 Å². The summed E-state index contributed by atoms with van der Waals surface area (Å²) in [5.74, 6) is -0.423. The summed E-state index contributed by atoms with van der Waals surface area (Å²) in [7, 11) is -4.85. The van der Waals surface area contributed by atoms with Crippen LogP contribution in [0.1, 0.15) is 25.7 Å². The maximum absolute atomic E-state index is 12.5. The molecule has 30 heavy (non-hydrogen) atoms. The van der Waals surface area contributed by atoms with E-state index in [4.69, 9.17) is 19.9 Å². The summed E-state index contributed by atoms with van der Waals surface area (Å²) >= 11 is 0. The summed E-state index contributed by atoms with van der Waals surface area (Å²) in [5, 5.41) is 18.4. The molecule has 164 valence electrons. The van der Waals surface area contributed by atoms with Crippen molar-refractivity contribution in [3.05, 3.63) is 0 Å². The molecule has 3 aliphatic rings. The zero-order valence-electron chi connectivity index (χ0n) is 16.0. The third-order valence-corrected chi connectivity index (χ3v) is 5.87. The Labute approximate surface area is 173 Å². The lowest BCUT2D eigenvalue weighted by Gasteiger charge is -2.29. The standard InChI is InChI=1S/C16H22N6O7S/c17-4-3-11-7-13(20(8-11)6-5-18)10-28-19-15(23)14-2-1-12-9-21(14)16(24)22(12)29-30(25,26)27/h11-14H,1-3,6-10H2,(H,19,23)(H,25,26,27)/t11-,12+,13+,14-/m0/s1. The average molecular weight is 442 g/mol. The molecule has 0 spiro atoms. The Bertz CT molecular complexity index is 868. The number of hydrogen-bond acceptors (Lipinski definition) is 9. The molecule has 0 aromatic heterocycles. The fourth-order valence-corrected chi connectivity index (χ4v) is 4.59. The minimum absolute atomic E-state index is 0.0842. The smallest absolute Gasteiger partial charge is 0.309 e. The highest BCUT2D eigenvalue weighted by atomic mass is 32.3. The summed E-state index contributed by atoms with van der Waals surface area (Å²) < 4.78 is 35.0. The molecular weight excluding hydrogens is 420 g/mol. The first-order chi connectivity index (χ1) is 14.2. The summed E-state index contributed by atoms with van der Waals surface area (Å²) in [6.45, 7) is 1.01. The summed E-state index contributed by atoms with van der Waals surface area (Å²) in [6.07, 6.45) is 1.63. The van der Waals surface area contributed by atoms with Crippen molar-refractivity contribution in [3.8, 4) is 12.1 Å². The maximum atomic E-state index is 12.5. The molecule has 3 fully saturated rings. The minimum atomic E-state index is -4.85. The molecule has 0 aromatic rings. The van der Waals surface area contributed by atoms with Gasteiger partial charge >= 0.3 is 16.4 Å². The van der Waals surface area contributed by atoms with Gasteiger partial charge in [0.05, 0.1) is 31.3 Å². The molecule has 3 aliphatic heterocycles. The Kier molecular flexibility index (Phi) is 6.74. The van der Waals surface area contributed by atoms with Crippen molar-refractivity contribution in [2.75, 3.05) is 26.2 Å². The SMILES string of the molecule is N#CC[C@H]1C[C@H](CONC(=O)[C@@H]2CC[C@@H]3CN2C(=O)N3OS(=O)(=O)O)N(CC#N)C1. The topological polar surface area (TPSA) is 176 Å². The van der Waals surface area contributed by atoms with E-state index >= 15 is 0 Å². The molecule has 0 aliphatic carbocycles. The lowest BCUT2D eigenvalue weighted by Crippen LogP contribution is -2.50. The Hall–Kier alpha value is -2.49. The number of piperidine rings is 1. The van der Waals surface area contributed by atoms with Crippen LogP contribution in [0.3, 0.4) is 0 Å². The maximum Gasteiger partial charge on any atom is 0.418 e. The van der Waals surface area contributed by atoms with Gasteiger partial charge in [0.2, 0.25) is 0 Å². The van der Waals surface area contributed by atoms with Gasteiger partial charge in [-0.3, -0.25) is 19.1 Å². The van der Waals surface area contributed by atoms with Gasteiger partial charge < -0.3 is 4.90 Å². The lowest BCUT2D eigenvalue weighted by molar-refractivity contribution is -0.140. The zero-order valence-corrected chi connectivity index (χ0v) is 16.8. The quantitative estimate of drug-likeness (QED) is 0.274. The van der Waals surface area contributed by atoms with Crippen molar-refractivity contribution in [1.82, 2.24) is 20.3 Å². The van der Waals surface area contributed by atoms with Crippen molar-refractivity contribution in [1.29, 1.82) is 10.5 Å². The Balaban J connectivity index is 1.52. The van der Waals surface area contributed by atoms with Gasteiger partial charge in [-0.05, 0) is 25.2 Å². The van der Waals surface area contributed by atoms with E-state index in [-0.39, 0.29) is 38.1 Å². The number of nitrogens with zero attached hydrogens (tertiary/aromatic N) is 5. The molecule has 3 saturated heterocycles. The average Bonchev–Trinajstić information content (AvgIpc) is 3.15. The van der Waals surface area contributed by atoms with Crippen LogP contribution in [-0.4, -0.2) is 84.1 Å². The number of amides is 3. The number of urea groups is 1. The number of fused-ring (bicyclic) bond motifs is 2. The van der Waals surface area contributed by atoms with E-state index < -0.39 is 34.4 Å². The fourth-order valence-electron chi connectivity index (χ4n) is 4.21. The summed E-state index contributed by atoms with van der Waals surface area (Å²) in [5.41, 5.74) is 2.32. The van der Waals surface area contributed by atoms with Crippen LogP contribution in [0.25, 0.3) is 0 Å². The van der Waals surface area contributed by atoms with E-state index in [1.165, 1.54) is 4.90 Å². The number of nitriles is 2. The molecule has 0 aromatic carbocycles. The first-order valence-electron chi connectivity index (χ1n) is 9.40. The number of likely N-dealkylation sites (tertiary alicyclic amines) is 1. The van der Waals surface area contributed by atoms with Crippen LogP contribution in [0, 0.1) is 28.6 Å². The third-order valence-electron chi connectivity index (χ3n) is 5.52. The molecule has 14 heteroatoms. The van der Waals surface area contributed by atoms with Crippen LogP contribution >= 0.6 is 0 Å². The Morgan fingerprint density at radius 2 is 2.03 bits per heavy atom. The van der Waals surface area contributed by atoms with E-state index in [9.17, 15) is 18.0 Å². The first kappa shape index (κ1) is 22.2. The molecule has 0 saturated carbocycles. The van der Waals surface area contributed by atoms with Gasteiger partial charge in [0.25, 0.3) is 5.91 Å². The highest BCUT2D eigenvalue weighted by molar-refractivity contribution is 7.80. The Morgan fingerprint density at radius 3 is 2.70 bits per heavy atom. The van der Waals surface area contributed by atoms with Crippen molar-refractivity contribution in [3.63, 3.8) is 0 Å². The molecular formula is C16H22N6O7S. The predicted molar refractivity (Wildman–Crippen MR) is 96.8 cm³/mol. The molecule has 13 nitrogen and oxygen atoms in total. The van der Waals surface area contributed by atoms with Crippen LogP contribution in [0.5, 0.6) is 0 Å². The number of carbonyl (C=O) groups excluding carboxylic acids is 2. The van der Waals surface area contributed by atoms with Gasteiger partial charge in [0.15, 0.2) is 0 Å². The largest absolute Gasteiger partial charge is 0.418 e. The second kappa shape index (κ2) is 9.11. The van der Waals surface area contributed by atoms with Crippen molar-refractivity contribution in [2.24, 2.45) is 5.92 Å². The number of nitrogens with one attached hydrogen (secondary N) is 1. The van der Waals surface area contributed by atoms with E-state index in [1.54, 1.807) is 0 Å². The third kappa shape index (κ3) is 4.97. The number of carbonyl (C=O) groups is 2. The summed E-state index contributed by atoms with van der Waals surface area (Å²) in [6, 6.07) is 1.80. The molecule has 3 amide bonds. The van der Waals surface area contributed by atoms with E-state index in [1.807, 2.05) is 4.90 Å². The fraction of sp³-hybridized carbons (Fsp3) is 0.750. The zero-order chi connectivity index (χ0) is 21.9. The van der Waals surface area contributed by atoms with Gasteiger partial charge in [0, 0.05) is 25.6 Å². The van der Waals surface area contributed by atoms with Gasteiger partial charge in [0.1, 0.15) is 6.04 Å². The second-order valence-corrected chi connectivity index (χ2v) is 8.50. The molecule has 0 unspecified atom stereocenters. The predicted octanol–water partition coefficient (Wildman–Crippen LogP) is -0.835. The van der Waals surface area contributed by atoms with Crippen molar-refractivity contribution in [2.45, 2.75) is 43.8 Å². The molecule has 4 atom stereocenters. The van der Waals surface area contributed by atoms with Crippen molar-refractivity contribution < 1.29 is 31.7 Å². The monoisotopic (exact) mass is 442 g/mol. The highest BCUT2D eigenvalue weighted by Gasteiger charge is 2.49. The lowest BCUT2D eigenvalue weighted by atomic mass is 10.0. The van der Waals surface area contributed by atoms with E-state index in [2.05, 4.69) is 21.9 Å².